The molecule has 0 saturated carbocycles. The van der Waals surface area contributed by atoms with E-state index in [0.29, 0.717) is 0 Å². The Hall–Kier alpha value is -1.61. The molecule has 0 spiro atoms. The predicted molar refractivity (Wildman–Crippen MR) is 70.5 cm³/mol. The number of nitrogens with zero attached hydrogens (tertiary/aromatic N) is 2. The number of aliphatic hydroxyl groups excluding tert-OH is 1. The first-order chi connectivity index (χ1) is 8.65. The Balaban J connectivity index is 1.97. The topological polar surface area (TPSA) is 38.0 Å². The van der Waals surface area contributed by atoms with E-state index in [1.165, 1.54) is 24.0 Å². The molecular weight excluding hydrogens is 224 g/mol. The summed E-state index contributed by atoms with van der Waals surface area (Å²) < 4.78 is 1.76. The molecular formula is C15H18N2O. The largest absolute Gasteiger partial charge is 0.382 e. The molecule has 2 aromatic rings. The second kappa shape index (κ2) is 4.25. The Morgan fingerprint density at radius 3 is 2.72 bits per heavy atom. The lowest BCUT2D eigenvalue weighted by Crippen LogP contribution is -2.07. The highest BCUT2D eigenvalue weighted by molar-refractivity contribution is 5.38. The Morgan fingerprint density at radius 2 is 2.00 bits per heavy atom. The Morgan fingerprint density at radius 1 is 1.22 bits per heavy atom. The van der Waals surface area contributed by atoms with Gasteiger partial charge in [0.2, 0.25) is 0 Å². The number of aromatic nitrogens is 2. The number of hydrogen-bond acceptors (Lipinski definition) is 2. The third-order valence-electron chi connectivity index (χ3n) is 3.76. The zero-order valence-electron chi connectivity index (χ0n) is 10.8. The summed E-state index contributed by atoms with van der Waals surface area (Å²) in [4.78, 5) is 0. The molecule has 1 N–H and O–H groups in total. The van der Waals surface area contributed by atoms with Gasteiger partial charge < -0.3 is 5.11 Å². The van der Waals surface area contributed by atoms with E-state index >= 15 is 0 Å². The zero-order valence-corrected chi connectivity index (χ0v) is 10.8. The predicted octanol–water partition coefficient (Wildman–Crippen LogP) is 2.30. The minimum Gasteiger partial charge on any atom is -0.382 e. The summed E-state index contributed by atoms with van der Waals surface area (Å²) in [6.07, 6.45) is 2.97. The van der Waals surface area contributed by atoms with Crippen LogP contribution in [0.1, 0.15) is 40.6 Å². The summed E-state index contributed by atoms with van der Waals surface area (Å²) >= 11 is 0. The van der Waals surface area contributed by atoms with Crippen LogP contribution >= 0.6 is 0 Å². The quantitative estimate of drug-likeness (QED) is 0.877. The van der Waals surface area contributed by atoms with Crippen molar-refractivity contribution >= 4 is 0 Å². The van der Waals surface area contributed by atoms with Gasteiger partial charge in [-0.15, -0.1) is 0 Å². The lowest BCUT2D eigenvalue weighted by molar-refractivity contribution is 0.209. The monoisotopic (exact) mass is 242 g/mol. The molecule has 1 aromatic carbocycles. The summed E-state index contributed by atoms with van der Waals surface area (Å²) in [5, 5.41) is 14.7. The lowest BCUT2D eigenvalue weighted by atomic mass is 10.0. The normalized spacial score (nSPS) is 15.7. The van der Waals surface area contributed by atoms with Crippen LogP contribution in [0.25, 0.3) is 0 Å². The van der Waals surface area contributed by atoms with Crippen LogP contribution in [0.2, 0.25) is 0 Å². The van der Waals surface area contributed by atoms with Crippen LogP contribution in [0.5, 0.6) is 0 Å². The third kappa shape index (κ3) is 1.85. The number of aryl methyl sites for hydroxylation is 4. The molecule has 1 aliphatic carbocycles. The number of hydrogen-bond donors (Lipinski definition) is 1. The molecule has 0 saturated heterocycles. The van der Waals surface area contributed by atoms with Gasteiger partial charge in [0.1, 0.15) is 6.10 Å². The molecule has 1 atom stereocenters. The van der Waals surface area contributed by atoms with Crippen LogP contribution in [-0.2, 0) is 19.9 Å². The first-order valence-corrected chi connectivity index (χ1v) is 6.45. The molecule has 0 amide bonds. The summed E-state index contributed by atoms with van der Waals surface area (Å²) in [5.74, 6) is 0. The SMILES string of the molecule is Cc1cc(C(O)c2ccc3c(c2)CCC3)n(C)n1. The lowest BCUT2D eigenvalue weighted by Gasteiger charge is -2.12. The van der Waals surface area contributed by atoms with Gasteiger partial charge in [-0.1, -0.05) is 18.2 Å². The average molecular weight is 242 g/mol. The fourth-order valence-corrected chi connectivity index (χ4v) is 2.82. The maximum atomic E-state index is 10.5. The number of aliphatic hydroxyl groups is 1. The van der Waals surface area contributed by atoms with Gasteiger partial charge in [0.25, 0.3) is 0 Å². The smallest absolute Gasteiger partial charge is 0.121 e. The van der Waals surface area contributed by atoms with E-state index < -0.39 is 6.10 Å². The van der Waals surface area contributed by atoms with Gasteiger partial charge in [-0.3, -0.25) is 4.68 Å². The maximum absolute atomic E-state index is 10.5. The van der Waals surface area contributed by atoms with Gasteiger partial charge in [-0.25, -0.2) is 0 Å². The van der Waals surface area contributed by atoms with Crippen molar-refractivity contribution in [3.63, 3.8) is 0 Å². The number of fused-ring (bicyclic) bond motifs is 1. The van der Waals surface area contributed by atoms with Crippen LogP contribution in [0.15, 0.2) is 24.3 Å². The zero-order chi connectivity index (χ0) is 12.7. The summed E-state index contributed by atoms with van der Waals surface area (Å²) in [6.45, 7) is 1.94. The number of benzene rings is 1. The fourth-order valence-electron chi connectivity index (χ4n) is 2.82. The second-order valence-corrected chi connectivity index (χ2v) is 5.12. The standard InChI is InChI=1S/C15H18N2O/c1-10-8-14(17(2)16-10)15(18)13-7-6-11-4-3-5-12(11)9-13/h6-9,15,18H,3-5H2,1-2H3. The molecule has 0 fully saturated rings. The van der Waals surface area contributed by atoms with E-state index in [-0.39, 0.29) is 0 Å². The van der Waals surface area contributed by atoms with Gasteiger partial charge in [0, 0.05) is 7.05 Å². The minimum absolute atomic E-state index is 0.581. The Bertz CT molecular complexity index is 586. The second-order valence-electron chi connectivity index (χ2n) is 5.12. The highest BCUT2D eigenvalue weighted by Gasteiger charge is 2.18. The average Bonchev–Trinajstić information content (AvgIpc) is 2.93. The van der Waals surface area contributed by atoms with Crippen LogP contribution < -0.4 is 0 Å². The molecule has 0 aliphatic heterocycles. The highest BCUT2D eigenvalue weighted by atomic mass is 16.3. The van der Waals surface area contributed by atoms with E-state index in [0.717, 1.165) is 23.4 Å². The maximum Gasteiger partial charge on any atom is 0.121 e. The summed E-state index contributed by atoms with van der Waals surface area (Å²) in [5.41, 5.74) is 5.59. The molecule has 0 radical (unpaired) electrons. The van der Waals surface area contributed by atoms with Gasteiger partial charge in [0.15, 0.2) is 0 Å². The van der Waals surface area contributed by atoms with Crippen LogP contribution in [0.3, 0.4) is 0 Å². The molecule has 1 unspecified atom stereocenters. The minimum atomic E-state index is -0.581. The van der Waals surface area contributed by atoms with Crippen molar-refractivity contribution in [2.75, 3.05) is 0 Å². The van der Waals surface area contributed by atoms with Crippen LogP contribution in [-0.4, -0.2) is 14.9 Å². The van der Waals surface area contributed by atoms with Gasteiger partial charge >= 0.3 is 0 Å². The highest BCUT2D eigenvalue weighted by Crippen LogP contribution is 2.28. The molecule has 94 valence electrons. The van der Waals surface area contributed by atoms with Crippen molar-refractivity contribution in [1.29, 1.82) is 0 Å². The van der Waals surface area contributed by atoms with E-state index in [4.69, 9.17) is 0 Å². The van der Waals surface area contributed by atoms with Crippen LogP contribution in [0, 0.1) is 6.92 Å². The Kier molecular flexibility index (Phi) is 2.71. The van der Waals surface area contributed by atoms with Crippen molar-refractivity contribution in [1.82, 2.24) is 9.78 Å². The van der Waals surface area contributed by atoms with E-state index in [2.05, 4.69) is 17.2 Å². The molecule has 0 bridgehead atoms. The van der Waals surface area contributed by atoms with Crippen molar-refractivity contribution < 1.29 is 5.11 Å². The van der Waals surface area contributed by atoms with E-state index in [1.54, 1.807) is 4.68 Å². The molecule has 1 aliphatic rings. The van der Waals surface area contributed by atoms with Crippen molar-refractivity contribution in [3.05, 3.63) is 52.3 Å². The molecule has 3 rings (SSSR count). The number of rotatable bonds is 2. The summed E-state index contributed by atoms with van der Waals surface area (Å²) in [6, 6.07) is 8.29. The third-order valence-corrected chi connectivity index (χ3v) is 3.76. The molecule has 1 aromatic heterocycles. The van der Waals surface area contributed by atoms with Crippen molar-refractivity contribution in [3.8, 4) is 0 Å². The van der Waals surface area contributed by atoms with Crippen LogP contribution in [0.4, 0.5) is 0 Å². The van der Waals surface area contributed by atoms with Crippen molar-refractivity contribution in [2.45, 2.75) is 32.3 Å². The summed E-state index contributed by atoms with van der Waals surface area (Å²) in [7, 11) is 1.87. The van der Waals surface area contributed by atoms with Gasteiger partial charge in [-0.2, -0.15) is 5.10 Å². The Labute approximate surface area is 107 Å². The van der Waals surface area contributed by atoms with E-state index in [1.807, 2.05) is 26.1 Å². The molecule has 1 heterocycles. The molecule has 18 heavy (non-hydrogen) atoms. The van der Waals surface area contributed by atoms with E-state index in [9.17, 15) is 5.11 Å². The first-order valence-electron chi connectivity index (χ1n) is 6.45. The molecule has 3 nitrogen and oxygen atoms in total. The van der Waals surface area contributed by atoms with Crippen molar-refractivity contribution in [2.24, 2.45) is 7.05 Å². The first kappa shape index (κ1) is 11.5. The van der Waals surface area contributed by atoms with Gasteiger partial charge in [-0.05, 0) is 48.9 Å². The molecule has 3 heteroatoms. The van der Waals surface area contributed by atoms with Gasteiger partial charge in [0.05, 0.1) is 11.4 Å². The fraction of sp³-hybridized carbons (Fsp3) is 0.400.